The molecular weight excluding hydrogens is 449 g/mol. The minimum atomic E-state index is -0.248. The predicted molar refractivity (Wildman–Crippen MR) is 140 cm³/mol. The molecule has 2 heterocycles. The van der Waals surface area contributed by atoms with Crippen molar-refractivity contribution in [3.05, 3.63) is 89.0 Å². The first-order chi connectivity index (χ1) is 17.5. The summed E-state index contributed by atoms with van der Waals surface area (Å²) in [6, 6.07) is 17.5. The highest BCUT2D eigenvalue weighted by Crippen LogP contribution is 2.54. The molecule has 1 saturated carbocycles. The zero-order valence-electron chi connectivity index (χ0n) is 21.0. The van der Waals surface area contributed by atoms with Gasteiger partial charge in [-0.3, -0.25) is 4.79 Å². The number of hydrogen-bond acceptors (Lipinski definition) is 2. The summed E-state index contributed by atoms with van der Waals surface area (Å²) >= 11 is 0. The van der Waals surface area contributed by atoms with Crippen molar-refractivity contribution in [1.82, 2.24) is 14.7 Å². The number of nitrogens with zero attached hydrogens (tertiary/aromatic N) is 3. The highest BCUT2D eigenvalue weighted by molar-refractivity contribution is 5.82. The molecule has 1 amide bonds. The predicted octanol–water partition coefficient (Wildman–Crippen LogP) is 6.38. The van der Waals surface area contributed by atoms with Crippen LogP contribution in [-0.4, -0.2) is 33.2 Å². The van der Waals surface area contributed by atoms with Crippen LogP contribution in [0, 0.1) is 17.2 Å². The number of allylic oxidation sites excluding steroid dienone is 1. The molecule has 0 radical (unpaired) electrons. The van der Waals surface area contributed by atoms with Crippen molar-refractivity contribution in [3.8, 4) is 5.69 Å². The average Bonchev–Trinajstić information content (AvgIpc) is 3.46. The molecule has 0 N–H and O–H groups in total. The molecule has 6 rings (SSSR count). The van der Waals surface area contributed by atoms with E-state index in [1.165, 1.54) is 35.3 Å². The second-order valence-corrected chi connectivity index (χ2v) is 11.0. The van der Waals surface area contributed by atoms with Crippen LogP contribution in [0.3, 0.4) is 0 Å². The Morgan fingerprint density at radius 1 is 1.08 bits per heavy atom. The molecule has 1 saturated heterocycles. The summed E-state index contributed by atoms with van der Waals surface area (Å²) in [4.78, 5) is 16.3. The van der Waals surface area contributed by atoms with Gasteiger partial charge in [0.25, 0.3) is 0 Å². The maximum atomic E-state index is 14.1. The molecule has 36 heavy (non-hydrogen) atoms. The van der Waals surface area contributed by atoms with E-state index in [0.29, 0.717) is 11.9 Å². The van der Waals surface area contributed by atoms with Crippen LogP contribution in [0.5, 0.6) is 0 Å². The SMILES string of the molecule is C[C@]12Cc3cnn(-c4ccc(F)cc4)c3C=C1CC[C@@H]2C(=O)N1CCCCC1CCc1ccccc1. The van der Waals surface area contributed by atoms with Crippen molar-refractivity contribution in [3.63, 3.8) is 0 Å². The number of piperidine rings is 1. The summed E-state index contributed by atoms with van der Waals surface area (Å²) in [5.74, 6) is 0.124. The molecule has 186 valence electrons. The zero-order valence-corrected chi connectivity index (χ0v) is 21.0. The molecule has 2 aromatic carbocycles. The van der Waals surface area contributed by atoms with Gasteiger partial charge < -0.3 is 4.90 Å². The molecule has 0 bridgehead atoms. The average molecular weight is 484 g/mol. The van der Waals surface area contributed by atoms with Gasteiger partial charge in [0.1, 0.15) is 5.82 Å². The molecule has 3 atom stereocenters. The standard InChI is InChI=1S/C31H34FN3O/c1-31-20-23-21-33-35(27-15-12-25(32)13-16-27)29(23)19-24(31)11-17-28(31)30(36)34-18-6-5-9-26(34)14-10-22-7-3-2-4-8-22/h2-4,7-8,12-13,15-16,19,21,26,28H,5-6,9-11,14,17-18,20H2,1H3/t26?,28-,31+/m1/s1. The highest BCUT2D eigenvalue weighted by atomic mass is 19.1. The van der Waals surface area contributed by atoms with Gasteiger partial charge in [0.15, 0.2) is 0 Å². The second-order valence-electron chi connectivity index (χ2n) is 11.0. The van der Waals surface area contributed by atoms with Crippen molar-refractivity contribution in [2.24, 2.45) is 11.3 Å². The van der Waals surface area contributed by atoms with Crippen LogP contribution < -0.4 is 0 Å². The van der Waals surface area contributed by atoms with E-state index in [1.807, 2.05) is 10.9 Å². The van der Waals surface area contributed by atoms with Crippen molar-refractivity contribution in [2.75, 3.05) is 6.54 Å². The van der Waals surface area contributed by atoms with Crippen molar-refractivity contribution >= 4 is 12.0 Å². The number of likely N-dealkylation sites (tertiary alicyclic amines) is 1. The lowest BCUT2D eigenvalue weighted by Gasteiger charge is -2.42. The monoisotopic (exact) mass is 483 g/mol. The van der Waals surface area contributed by atoms with E-state index in [2.05, 4.69) is 53.3 Å². The quantitative estimate of drug-likeness (QED) is 0.422. The molecule has 5 heteroatoms. The third-order valence-corrected chi connectivity index (χ3v) is 8.85. The Labute approximate surface area is 212 Å². The molecule has 2 fully saturated rings. The minimum absolute atomic E-state index is 0.0170. The highest BCUT2D eigenvalue weighted by Gasteiger charge is 2.50. The van der Waals surface area contributed by atoms with E-state index < -0.39 is 0 Å². The molecule has 1 aromatic heterocycles. The number of aryl methyl sites for hydroxylation is 1. The Bertz CT molecular complexity index is 1280. The van der Waals surface area contributed by atoms with E-state index in [4.69, 9.17) is 0 Å². The van der Waals surface area contributed by atoms with E-state index in [0.717, 1.165) is 62.9 Å². The molecule has 0 spiro atoms. The summed E-state index contributed by atoms with van der Waals surface area (Å²) in [7, 11) is 0. The number of carbonyl (C=O) groups excluding carboxylic acids is 1. The number of amides is 1. The fourth-order valence-electron chi connectivity index (χ4n) is 6.80. The zero-order chi connectivity index (χ0) is 24.7. The van der Waals surface area contributed by atoms with Crippen molar-refractivity contribution in [1.29, 1.82) is 0 Å². The van der Waals surface area contributed by atoms with Crippen LogP contribution in [0.25, 0.3) is 11.8 Å². The van der Waals surface area contributed by atoms with Gasteiger partial charge in [-0.1, -0.05) is 42.8 Å². The lowest BCUT2D eigenvalue weighted by molar-refractivity contribution is -0.142. The molecule has 3 aliphatic rings. The normalized spacial score (nSPS) is 25.3. The van der Waals surface area contributed by atoms with Crippen molar-refractivity contribution in [2.45, 2.75) is 64.3 Å². The fourth-order valence-corrected chi connectivity index (χ4v) is 6.80. The van der Waals surface area contributed by atoms with Gasteiger partial charge >= 0.3 is 0 Å². The van der Waals surface area contributed by atoms with Crippen LogP contribution in [0.15, 0.2) is 66.4 Å². The maximum absolute atomic E-state index is 14.1. The summed E-state index contributed by atoms with van der Waals surface area (Å²) in [6.07, 6.45) is 12.4. The number of carbonyl (C=O) groups is 1. The van der Waals surface area contributed by atoms with E-state index in [1.54, 1.807) is 12.1 Å². The fraction of sp³-hybridized carbons (Fsp3) is 0.419. The van der Waals surface area contributed by atoms with Crippen LogP contribution in [-0.2, 0) is 17.6 Å². The number of halogens is 1. The Balaban J connectivity index is 1.22. The van der Waals surface area contributed by atoms with E-state index in [9.17, 15) is 9.18 Å². The largest absolute Gasteiger partial charge is 0.339 e. The van der Waals surface area contributed by atoms with Gasteiger partial charge in [-0.2, -0.15) is 5.10 Å². The Kier molecular flexibility index (Phi) is 6.02. The van der Waals surface area contributed by atoms with Crippen LogP contribution in [0.2, 0.25) is 0 Å². The molecule has 1 unspecified atom stereocenters. The van der Waals surface area contributed by atoms with Gasteiger partial charge in [0, 0.05) is 23.9 Å². The smallest absolute Gasteiger partial charge is 0.226 e. The number of hydrogen-bond donors (Lipinski definition) is 0. The summed E-state index contributed by atoms with van der Waals surface area (Å²) in [5, 5.41) is 4.64. The summed E-state index contributed by atoms with van der Waals surface area (Å²) in [5.41, 5.74) is 5.65. The Morgan fingerprint density at radius 2 is 1.89 bits per heavy atom. The van der Waals surface area contributed by atoms with Crippen molar-refractivity contribution < 1.29 is 9.18 Å². The first kappa shape index (κ1) is 23.2. The topological polar surface area (TPSA) is 38.1 Å². The molecule has 2 aliphatic carbocycles. The number of aromatic nitrogens is 2. The van der Waals surface area contributed by atoms with Gasteiger partial charge in [0.2, 0.25) is 5.91 Å². The number of fused-ring (bicyclic) bond motifs is 2. The van der Waals surface area contributed by atoms with E-state index in [-0.39, 0.29) is 17.2 Å². The Morgan fingerprint density at radius 3 is 2.69 bits per heavy atom. The summed E-state index contributed by atoms with van der Waals surface area (Å²) < 4.78 is 15.4. The summed E-state index contributed by atoms with van der Waals surface area (Å²) in [6.45, 7) is 3.17. The Hall–Kier alpha value is -3.21. The van der Waals surface area contributed by atoms with Gasteiger partial charge in [0.05, 0.1) is 17.6 Å². The van der Waals surface area contributed by atoms with Gasteiger partial charge in [-0.05, 0) is 92.8 Å². The number of rotatable bonds is 5. The lowest BCUT2D eigenvalue weighted by atomic mass is 9.69. The van der Waals surface area contributed by atoms with E-state index >= 15 is 0 Å². The number of benzene rings is 2. The second kappa shape index (κ2) is 9.34. The minimum Gasteiger partial charge on any atom is -0.339 e. The molecule has 1 aliphatic heterocycles. The first-order valence-corrected chi connectivity index (χ1v) is 13.4. The first-order valence-electron chi connectivity index (χ1n) is 13.4. The van der Waals surface area contributed by atoms with Gasteiger partial charge in [-0.15, -0.1) is 0 Å². The van der Waals surface area contributed by atoms with Crippen LogP contribution >= 0.6 is 0 Å². The molecule has 3 aromatic rings. The van der Waals surface area contributed by atoms with Gasteiger partial charge in [-0.25, -0.2) is 9.07 Å². The molecular formula is C31H34FN3O. The lowest BCUT2D eigenvalue weighted by Crippen LogP contribution is -2.49. The van der Waals surface area contributed by atoms with Crippen LogP contribution in [0.1, 0.15) is 62.3 Å². The third-order valence-electron chi connectivity index (χ3n) is 8.85. The third kappa shape index (κ3) is 4.08. The van der Waals surface area contributed by atoms with Crippen LogP contribution in [0.4, 0.5) is 4.39 Å². The molecule has 4 nitrogen and oxygen atoms in total. The maximum Gasteiger partial charge on any atom is 0.226 e.